The Morgan fingerprint density at radius 3 is 1.17 bits per heavy atom. The Hall–Kier alpha value is -10.7. The van der Waals surface area contributed by atoms with Gasteiger partial charge in [0.1, 0.15) is 11.9 Å². The average Bonchev–Trinajstić information content (AvgIpc) is 1.38. The van der Waals surface area contributed by atoms with E-state index in [1.165, 1.54) is 5.56 Å². The van der Waals surface area contributed by atoms with Gasteiger partial charge in [-0.1, -0.05) is 70.5 Å². The predicted molar refractivity (Wildman–Crippen MR) is 423 cm³/mol. The summed E-state index contributed by atoms with van der Waals surface area (Å²) in [4.78, 5) is 33.7. The minimum atomic E-state index is -0.461. The number of likely N-dealkylation sites (tertiary alicyclic amines) is 1. The third-order valence-corrected chi connectivity index (χ3v) is 32.3. The number of fused-ring (bicyclic) bond motifs is 1. The number of likely N-dealkylation sites (N-methyl/N-ethyl adjacent to an activating group) is 1. The molecule has 10 heteroatoms. The van der Waals surface area contributed by atoms with Gasteiger partial charge in [-0.25, -0.2) is 10.4 Å². The van der Waals surface area contributed by atoms with Gasteiger partial charge in [-0.2, -0.15) is 5.10 Å². The fourth-order valence-electron chi connectivity index (χ4n) is 30.1. The Labute approximate surface area is 597 Å². The first-order valence-corrected chi connectivity index (χ1v) is 37.4. The number of aromatic nitrogens is 2. The van der Waals surface area contributed by atoms with Gasteiger partial charge in [0.15, 0.2) is 0 Å². The van der Waals surface area contributed by atoms with E-state index in [4.69, 9.17) is 4.98 Å². The average molecular weight is 1520 g/mol. The molecule has 0 saturated carbocycles. The Bertz CT molecular complexity index is 9460. The third-order valence-electron chi connectivity index (χ3n) is 31.3. The van der Waals surface area contributed by atoms with Gasteiger partial charge >= 0.3 is 0 Å². The Morgan fingerprint density at radius 1 is 0.461 bits per heavy atom. The summed E-state index contributed by atoms with van der Waals surface area (Å²) in [6.07, 6.45) is 1.81. The zero-order chi connectivity index (χ0) is 63.2. The molecule has 1 atom stereocenters. The summed E-state index contributed by atoms with van der Waals surface area (Å²) in [7, 11) is 5.29. The third kappa shape index (κ3) is 3.25. The van der Waals surface area contributed by atoms with Crippen molar-refractivity contribution in [1.29, 1.82) is 0 Å². The van der Waals surface area contributed by atoms with Gasteiger partial charge in [-0.15, -0.1) is 0 Å². The fourth-order valence-corrected chi connectivity index (χ4v) is 31.4. The minimum absolute atomic E-state index is 0. The highest BCUT2D eigenvalue weighted by molar-refractivity contribution is 9.11. The summed E-state index contributed by atoms with van der Waals surface area (Å²) in [5.41, 5.74) is 13.4. The number of carbonyl (C=O) groups excluding carboxylic acids is 1. The van der Waals surface area contributed by atoms with E-state index < -0.39 is 5.41 Å². The van der Waals surface area contributed by atoms with Gasteiger partial charge in [0.25, 0.3) is 11.5 Å². The number of benzene rings is 22. The number of nitrogens with one attached hydrogen (secondary N) is 1. The number of halogens is 3. The van der Waals surface area contributed by atoms with Crippen LogP contribution in [0, 0.1) is 0 Å². The van der Waals surface area contributed by atoms with Gasteiger partial charge in [-0.05, 0) is 371 Å². The van der Waals surface area contributed by atoms with Crippen LogP contribution in [-0.4, -0.2) is 46.8 Å². The highest BCUT2D eigenvalue weighted by Gasteiger charge is 2.80. The Balaban J connectivity index is 0.00000507. The Kier molecular flexibility index (Phi) is 5.56. The van der Waals surface area contributed by atoms with Crippen LogP contribution in [0.2, 0.25) is 0 Å². The molecule has 1 saturated heterocycles. The monoisotopic (exact) mass is 1520 g/mol. The maximum atomic E-state index is 14.5. The van der Waals surface area contributed by atoms with Crippen LogP contribution in [-0.2, 0) is 10.8 Å². The second kappa shape index (κ2) is 12.2. The van der Waals surface area contributed by atoms with Crippen LogP contribution in [0.4, 0.5) is 0 Å². The highest BCUT2D eigenvalue weighted by Crippen LogP contribution is 2.87. The normalized spacial score (nSPS) is 20.3. The topological polar surface area (TPSA) is 76.3 Å². The minimum Gasteiger partial charge on any atom is -1.00 e. The van der Waals surface area contributed by atoms with E-state index in [1.807, 2.05) is 48.5 Å². The maximum absolute atomic E-state index is 14.5. The molecule has 4 aliphatic carbocycles. The molecule has 38 rings (SSSR count). The summed E-state index contributed by atoms with van der Waals surface area (Å²) < 4.78 is 3.96. The lowest BCUT2D eigenvalue weighted by molar-refractivity contribution is -0.911. The number of rotatable bonds is 6. The fraction of sp³-hybridized carbons (Fsp3) is 0.0652. The van der Waals surface area contributed by atoms with Gasteiger partial charge in [0.2, 0.25) is 0 Å². The van der Waals surface area contributed by atoms with Crippen molar-refractivity contribution in [1.82, 2.24) is 15.0 Å². The van der Waals surface area contributed by atoms with E-state index in [1.54, 1.807) is 342 Å². The predicted octanol–water partition coefficient (Wildman–Crippen LogP) is 19.8. The lowest BCUT2D eigenvalue weighted by Crippen LogP contribution is -3.00. The van der Waals surface area contributed by atoms with E-state index in [0.717, 1.165) is 31.1 Å². The molecule has 1 unspecified atom stereocenters. The molecule has 32 aromatic carbocycles. The van der Waals surface area contributed by atoms with Crippen LogP contribution in [0.1, 0.15) is 49.8 Å². The first-order chi connectivity index (χ1) is 49.7. The molecule has 7 nitrogen and oxygen atoms in total. The number of hydrogen-bond acceptors (Lipinski definition) is 4. The number of hydrogen-bond donors (Lipinski definition) is 1. The summed E-state index contributed by atoms with van der Waals surface area (Å²) in [5, 5.41) is 92.8. The summed E-state index contributed by atoms with van der Waals surface area (Å²) >= 11 is 7.25. The van der Waals surface area contributed by atoms with Crippen molar-refractivity contribution in [3.63, 3.8) is 0 Å². The van der Waals surface area contributed by atoms with Gasteiger partial charge in [-0.3, -0.25) is 14.2 Å². The van der Waals surface area contributed by atoms with Crippen LogP contribution in [0.25, 0.3) is 319 Å². The molecule has 2 spiro atoms. The van der Waals surface area contributed by atoms with Crippen molar-refractivity contribution in [3.8, 4) is 17.1 Å². The zero-order valence-corrected chi connectivity index (χ0v) is 58.1. The first-order valence-electron chi connectivity index (χ1n) is 35.8. The van der Waals surface area contributed by atoms with Crippen LogP contribution < -0.4 is 35.0 Å². The molecule has 1 N–H and O–H groups in total. The second-order valence-electron chi connectivity index (χ2n) is 33.9. The molecule has 1 fully saturated rings. The molecule has 5 aliphatic rings. The molecule has 0 radical (unpaired) electrons. The van der Waals surface area contributed by atoms with Crippen LogP contribution >= 0.6 is 31.9 Å². The van der Waals surface area contributed by atoms with Crippen LogP contribution in [0.3, 0.4) is 0 Å². The van der Waals surface area contributed by atoms with Crippen molar-refractivity contribution in [3.05, 3.63) is 149 Å². The van der Waals surface area contributed by atoms with Crippen LogP contribution in [0.15, 0.2) is 110 Å². The number of carbonyl (C=O) groups is 1. The van der Waals surface area contributed by atoms with Gasteiger partial charge < -0.3 is 28.5 Å². The second-order valence-corrected chi connectivity index (χ2v) is 35.7. The van der Waals surface area contributed by atoms with E-state index in [2.05, 4.69) is 80.7 Å². The van der Waals surface area contributed by atoms with E-state index >= 15 is 0 Å². The smallest absolute Gasteiger partial charge is 0.271 e. The standard InChI is InChI=1S/C92H25Br2N5O2.HI/c1-99(2)19-91-82-74-66-56-46-38-30-28-29-32-36-34(30)42-50-44(36)54-48-40(32)41-33(29)37-35-31(28)39(38)47-53-43(35)51-45(37)55-49(41)59-58(48)70-64(54)72-62(50)68(60(66)52(42)46)76(82)78(72)84-80(70)81-71(59)65(55)73-63(51)69-61(53)67(57(47)56)75(74)83(91)77(69)79(73)85(81)92(84,91)87(99)21-10-8-20(9-11-21)18-95-97-89(100)23-12-14-25(15-13-23)98-88(22-6-4-3-5-7-22)96-86-26(90(98)101)16-24(93)17-27(86)94;/h3-18,87H,19H2,1-2H3;1H/b95-18+;. The summed E-state index contributed by atoms with van der Waals surface area (Å²) in [5.74, 6) is 0.167. The highest BCUT2D eigenvalue weighted by atomic mass is 127. The maximum Gasteiger partial charge on any atom is 0.271 e. The SMILES string of the molecule is C[N+]1(C)CC23c4c5c6c7c8c9c(c%10c%11c2c2c4c4c%12c5c5c6c6c8c8c%13c9c9c%10c%10c%11c%11c2c2c4c4c%12c%12c5c5c6c8c6c8c%13c9c9c%10c%10c%11c2c2c4c4c%12c5c6c5c8c9c%10c2c45)C73C1c1ccc(/C=N/NC(=O)c2ccc(-n3c(-c4ccccc4)nc4c(Br)cc(Br)cc4c3=O)cc2)cc1.[I-]. The number of hydrazone groups is 1. The molecule has 2 heterocycles. The van der Waals surface area contributed by atoms with E-state index in [0.29, 0.717) is 28.0 Å². The lowest BCUT2D eigenvalue weighted by atomic mass is 9.47. The van der Waals surface area contributed by atoms with Crippen molar-refractivity contribution >= 4 is 346 Å². The van der Waals surface area contributed by atoms with E-state index in [9.17, 15) is 9.59 Å². The summed E-state index contributed by atoms with van der Waals surface area (Å²) in [6, 6.07) is 30.1. The van der Waals surface area contributed by atoms with E-state index in [-0.39, 0.29) is 46.9 Å². The van der Waals surface area contributed by atoms with Gasteiger partial charge in [0, 0.05) is 25.6 Å². The molecule has 33 aromatic rings. The summed E-state index contributed by atoms with van der Waals surface area (Å²) in [6.45, 7) is 1.00. The molecule has 0 bridgehead atoms. The molecule has 102 heavy (non-hydrogen) atoms. The van der Waals surface area contributed by atoms with Crippen LogP contribution in [0.5, 0.6) is 0 Å². The number of quaternary nitrogens is 1. The van der Waals surface area contributed by atoms with Crippen molar-refractivity contribution in [2.45, 2.75) is 16.9 Å². The van der Waals surface area contributed by atoms with Crippen molar-refractivity contribution in [2.24, 2.45) is 5.10 Å². The molecular formula is C92H26Br2IN5O2. The largest absolute Gasteiger partial charge is 1.00 e. The van der Waals surface area contributed by atoms with Gasteiger partial charge in [0.05, 0.1) is 54.3 Å². The first kappa shape index (κ1) is 46.6. The molecule has 1 aliphatic heterocycles. The Morgan fingerprint density at radius 2 is 0.804 bits per heavy atom. The lowest BCUT2D eigenvalue weighted by Gasteiger charge is -2.49. The van der Waals surface area contributed by atoms with Crippen molar-refractivity contribution in [2.75, 3.05) is 20.6 Å². The zero-order valence-electron chi connectivity index (χ0n) is 52.8. The molecular weight excluding hydrogens is 1490 g/mol. The van der Waals surface area contributed by atoms with Crippen molar-refractivity contribution < 1.29 is 33.3 Å². The molecule has 452 valence electrons. The quantitative estimate of drug-likeness (QED) is 0.0592. The molecule has 1 amide bonds. The number of amides is 1. The number of nitrogens with zero attached hydrogens (tertiary/aromatic N) is 4. The molecule has 1 aromatic heterocycles.